The first-order chi connectivity index (χ1) is 15.9. The lowest BCUT2D eigenvalue weighted by molar-refractivity contribution is -0.113. The Bertz CT molecular complexity index is 1270. The minimum Gasteiger partial charge on any atom is -0.325 e. The van der Waals surface area contributed by atoms with E-state index in [2.05, 4.69) is 15.5 Å². The van der Waals surface area contributed by atoms with Gasteiger partial charge in [-0.15, -0.1) is 10.2 Å². The number of nitrogens with zero attached hydrogens (tertiary/aromatic N) is 3. The summed E-state index contributed by atoms with van der Waals surface area (Å²) in [6.07, 6.45) is 0. The van der Waals surface area contributed by atoms with Gasteiger partial charge in [0, 0.05) is 26.9 Å². The highest BCUT2D eigenvalue weighted by Gasteiger charge is 2.15. The maximum Gasteiger partial charge on any atom is 0.234 e. The average Bonchev–Trinajstić information content (AvgIpc) is 2.78. The van der Waals surface area contributed by atoms with Crippen molar-refractivity contribution in [2.24, 2.45) is 0 Å². The minimum atomic E-state index is -0.221. The third-order valence-corrected chi connectivity index (χ3v) is 6.07. The van der Waals surface area contributed by atoms with Crippen molar-refractivity contribution in [1.82, 2.24) is 15.2 Å². The summed E-state index contributed by atoms with van der Waals surface area (Å²) in [5.41, 5.74) is 6.14. The second-order valence-electron chi connectivity index (χ2n) is 7.52. The molecule has 0 aliphatic heterocycles. The second-order valence-corrected chi connectivity index (χ2v) is 9.33. The molecule has 0 spiro atoms. The largest absolute Gasteiger partial charge is 0.325 e. The van der Waals surface area contributed by atoms with Gasteiger partial charge in [-0.25, -0.2) is 4.98 Å². The van der Waals surface area contributed by atoms with E-state index in [1.807, 2.05) is 62.4 Å². The third kappa shape index (κ3) is 6.11. The van der Waals surface area contributed by atoms with E-state index in [1.165, 1.54) is 11.8 Å². The summed E-state index contributed by atoms with van der Waals surface area (Å²) in [5, 5.41) is 12.8. The number of benzene rings is 3. The van der Waals surface area contributed by atoms with E-state index in [1.54, 1.807) is 18.2 Å². The van der Waals surface area contributed by atoms with E-state index in [-0.39, 0.29) is 11.7 Å². The minimum absolute atomic E-state index is 0.114. The monoisotopic (exact) mass is 494 g/mol. The summed E-state index contributed by atoms with van der Waals surface area (Å²) in [6.45, 7) is 4.08. The Hall–Kier alpha value is -2.93. The molecule has 0 aliphatic rings. The zero-order chi connectivity index (χ0) is 23.4. The number of aryl methyl sites for hydroxylation is 2. The number of hydrogen-bond acceptors (Lipinski definition) is 5. The molecule has 1 aromatic heterocycles. The van der Waals surface area contributed by atoms with Gasteiger partial charge in [0.05, 0.1) is 5.75 Å². The smallest absolute Gasteiger partial charge is 0.234 e. The van der Waals surface area contributed by atoms with Crippen LogP contribution < -0.4 is 5.32 Å². The molecule has 0 radical (unpaired) electrons. The first kappa shape index (κ1) is 23.2. The van der Waals surface area contributed by atoms with Gasteiger partial charge in [0.25, 0.3) is 0 Å². The molecule has 1 N–H and O–H groups in total. The van der Waals surface area contributed by atoms with E-state index in [9.17, 15) is 4.79 Å². The standard InChI is InChI=1S/C25H20Cl2N4OS/c1-15-3-7-17(8-4-15)23-24(18-9-5-16(2)6-10-18)30-31-25(29-23)33-14-22(32)28-21-12-19(26)11-20(27)13-21/h3-13H,14H2,1-2H3,(H,28,32). The predicted molar refractivity (Wildman–Crippen MR) is 136 cm³/mol. The van der Waals surface area contributed by atoms with Crippen LogP contribution in [-0.2, 0) is 4.79 Å². The van der Waals surface area contributed by atoms with E-state index < -0.39 is 0 Å². The van der Waals surface area contributed by atoms with Crippen molar-refractivity contribution in [3.63, 3.8) is 0 Å². The molecule has 4 aromatic rings. The van der Waals surface area contributed by atoms with Crippen molar-refractivity contribution < 1.29 is 4.79 Å². The van der Waals surface area contributed by atoms with Crippen molar-refractivity contribution >= 4 is 46.6 Å². The first-order valence-electron chi connectivity index (χ1n) is 10.1. The van der Waals surface area contributed by atoms with E-state index in [0.717, 1.165) is 27.9 Å². The van der Waals surface area contributed by atoms with Gasteiger partial charge in [-0.3, -0.25) is 4.79 Å². The van der Waals surface area contributed by atoms with Gasteiger partial charge in [-0.05, 0) is 32.0 Å². The molecule has 166 valence electrons. The molecular weight excluding hydrogens is 475 g/mol. The number of carbonyl (C=O) groups is 1. The molecule has 0 unspecified atom stereocenters. The number of hydrogen-bond donors (Lipinski definition) is 1. The van der Waals surface area contributed by atoms with E-state index >= 15 is 0 Å². The van der Waals surface area contributed by atoms with Crippen LogP contribution >= 0.6 is 35.0 Å². The lowest BCUT2D eigenvalue weighted by atomic mass is 10.0. The Kier molecular flexibility index (Phi) is 7.28. The number of nitrogens with one attached hydrogen (secondary N) is 1. The summed E-state index contributed by atoms with van der Waals surface area (Å²) in [6, 6.07) is 21.1. The van der Waals surface area contributed by atoms with Crippen molar-refractivity contribution in [3.8, 4) is 22.5 Å². The molecule has 0 fully saturated rings. The Labute approximate surface area is 206 Å². The van der Waals surface area contributed by atoms with Gasteiger partial charge in [-0.1, -0.05) is 94.6 Å². The summed E-state index contributed by atoms with van der Waals surface area (Å²) in [7, 11) is 0. The Morgan fingerprint density at radius 3 is 1.94 bits per heavy atom. The van der Waals surface area contributed by atoms with Gasteiger partial charge in [0.1, 0.15) is 11.4 Å². The number of amides is 1. The van der Waals surface area contributed by atoms with Crippen LogP contribution in [0, 0.1) is 13.8 Å². The van der Waals surface area contributed by atoms with Gasteiger partial charge < -0.3 is 5.32 Å². The fourth-order valence-corrected chi connectivity index (χ4v) is 4.26. The van der Waals surface area contributed by atoms with Crippen LogP contribution in [0.1, 0.15) is 11.1 Å². The Morgan fingerprint density at radius 2 is 1.36 bits per heavy atom. The van der Waals surface area contributed by atoms with E-state index in [4.69, 9.17) is 28.2 Å². The lowest BCUT2D eigenvalue weighted by Crippen LogP contribution is -2.14. The quantitative estimate of drug-likeness (QED) is 0.296. The summed E-state index contributed by atoms with van der Waals surface area (Å²) >= 11 is 13.2. The SMILES string of the molecule is Cc1ccc(-c2nnc(SCC(=O)Nc3cc(Cl)cc(Cl)c3)nc2-c2ccc(C)cc2)cc1. The van der Waals surface area contributed by atoms with Gasteiger partial charge >= 0.3 is 0 Å². The topological polar surface area (TPSA) is 67.8 Å². The summed E-state index contributed by atoms with van der Waals surface area (Å²) < 4.78 is 0. The van der Waals surface area contributed by atoms with Crippen LogP contribution in [0.4, 0.5) is 5.69 Å². The van der Waals surface area contributed by atoms with E-state index in [0.29, 0.717) is 26.6 Å². The number of halogens is 2. The first-order valence-corrected chi connectivity index (χ1v) is 11.9. The van der Waals surface area contributed by atoms with Crippen LogP contribution in [0.5, 0.6) is 0 Å². The molecule has 8 heteroatoms. The third-order valence-electron chi connectivity index (χ3n) is 4.80. The zero-order valence-electron chi connectivity index (χ0n) is 18.0. The molecule has 33 heavy (non-hydrogen) atoms. The summed E-state index contributed by atoms with van der Waals surface area (Å²) in [4.78, 5) is 17.2. The number of aromatic nitrogens is 3. The van der Waals surface area contributed by atoms with Crippen molar-refractivity contribution in [1.29, 1.82) is 0 Å². The molecule has 4 rings (SSSR count). The average molecular weight is 495 g/mol. The van der Waals surface area contributed by atoms with Gasteiger partial charge in [0.2, 0.25) is 11.1 Å². The molecule has 0 saturated heterocycles. The van der Waals surface area contributed by atoms with Crippen LogP contribution in [0.15, 0.2) is 71.9 Å². The molecule has 5 nitrogen and oxygen atoms in total. The molecule has 0 bridgehead atoms. The van der Waals surface area contributed by atoms with Crippen molar-refractivity contribution in [3.05, 3.63) is 87.9 Å². The lowest BCUT2D eigenvalue weighted by Gasteiger charge is -2.10. The molecular formula is C25H20Cl2N4OS. The van der Waals surface area contributed by atoms with Crippen molar-refractivity contribution in [2.45, 2.75) is 19.0 Å². The highest BCUT2D eigenvalue weighted by molar-refractivity contribution is 7.99. The van der Waals surface area contributed by atoms with Crippen LogP contribution in [0.25, 0.3) is 22.5 Å². The maximum absolute atomic E-state index is 12.4. The molecule has 1 amide bonds. The van der Waals surface area contributed by atoms with Crippen LogP contribution in [-0.4, -0.2) is 26.8 Å². The number of carbonyl (C=O) groups excluding carboxylic acids is 1. The molecule has 3 aromatic carbocycles. The van der Waals surface area contributed by atoms with Gasteiger partial charge in [0.15, 0.2) is 0 Å². The van der Waals surface area contributed by atoms with Gasteiger partial charge in [-0.2, -0.15) is 0 Å². The second kappa shape index (κ2) is 10.3. The normalized spacial score (nSPS) is 10.8. The number of anilines is 1. The molecule has 0 atom stereocenters. The molecule has 1 heterocycles. The highest BCUT2D eigenvalue weighted by Crippen LogP contribution is 2.30. The van der Waals surface area contributed by atoms with Crippen LogP contribution in [0.2, 0.25) is 10.0 Å². The highest BCUT2D eigenvalue weighted by atomic mass is 35.5. The maximum atomic E-state index is 12.4. The summed E-state index contributed by atoms with van der Waals surface area (Å²) in [5.74, 6) is -0.107. The van der Waals surface area contributed by atoms with Crippen molar-refractivity contribution in [2.75, 3.05) is 11.1 Å². The fourth-order valence-electron chi connectivity index (χ4n) is 3.14. The molecule has 0 aliphatic carbocycles. The Morgan fingerprint density at radius 1 is 0.818 bits per heavy atom. The number of thioether (sulfide) groups is 1. The zero-order valence-corrected chi connectivity index (χ0v) is 20.3. The fraction of sp³-hybridized carbons (Fsp3) is 0.120. The number of rotatable bonds is 6. The Balaban J connectivity index is 1.57. The molecule has 0 saturated carbocycles. The van der Waals surface area contributed by atoms with Crippen LogP contribution in [0.3, 0.4) is 0 Å². The predicted octanol–water partition coefficient (Wildman–Crippen LogP) is 6.86.